The van der Waals surface area contributed by atoms with Gasteiger partial charge in [-0.1, -0.05) is 17.3 Å². The van der Waals surface area contributed by atoms with Crippen molar-refractivity contribution < 1.29 is 4.52 Å². The molecular weight excluding hydrogens is 202 g/mol. The quantitative estimate of drug-likeness (QED) is 0.676. The number of aromatic nitrogens is 3. The molecule has 0 aliphatic rings. The van der Waals surface area contributed by atoms with Gasteiger partial charge in [0.2, 0.25) is 11.7 Å². The minimum atomic E-state index is 0.581. The molecule has 3 aromatic rings. The van der Waals surface area contributed by atoms with Crippen LogP contribution in [0.2, 0.25) is 0 Å². The number of nitrogens with zero attached hydrogens (tertiary/aromatic N) is 2. The first-order valence-corrected chi connectivity index (χ1v) is 5.13. The predicted molar refractivity (Wildman–Crippen MR) is 61.1 cm³/mol. The van der Waals surface area contributed by atoms with E-state index in [-0.39, 0.29) is 0 Å². The van der Waals surface area contributed by atoms with Gasteiger partial charge in [-0.2, -0.15) is 4.98 Å². The Labute approximate surface area is 92.3 Å². The third-order valence-corrected chi connectivity index (χ3v) is 2.68. The molecule has 2 heterocycles. The number of hydrogen-bond acceptors (Lipinski definition) is 3. The molecule has 0 unspecified atom stereocenters. The highest BCUT2D eigenvalue weighted by Gasteiger charge is 2.12. The van der Waals surface area contributed by atoms with Gasteiger partial charge in [-0.15, -0.1) is 0 Å². The lowest BCUT2D eigenvalue weighted by atomic mass is 10.1. The van der Waals surface area contributed by atoms with Crippen molar-refractivity contribution >= 4 is 10.9 Å². The van der Waals surface area contributed by atoms with Crippen molar-refractivity contribution in [3.8, 4) is 11.4 Å². The van der Waals surface area contributed by atoms with E-state index in [0.29, 0.717) is 11.7 Å². The molecule has 3 rings (SSSR count). The molecule has 1 aromatic carbocycles. The zero-order valence-corrected chi connectivity index (χ0v) is 9.11. The molecule has 2 aromatic heterocycles. The average Bonchev–Trinajstić information content (AvgIpc) is 2.84. The second kappa shape index (κ2) is 3.20. The Balaban J connectivity index is 2.32. The van der Waals surface area contributed by atoms with Gasteiger partial charge in [-0.05, 0) is 18.6 Å². The van der Waals surface area contributed by atoms with Crippen molar-refractivity contribution in [2.45, 2.75) is 13.8 Å². The number of aryl methyl sites for hydroxylation is 2. The smallest absolute Gasteiger partial charge is 0.223 e. The van der Waals surface area contributed by atoms with Crippen LogP contribution in [0.15, 0.2) is 28.9 Å². The number of benzene rings is 1. The lowest BCUT2D eigenvalue weighted by molar-refractivity contribution is 0.394. The van der Waals surface area contributed by atoms with Crippen LogP contribution < -0.4 is 0 Å². The average molecular weight is 213 g/mol. The first kappa shape index (κ1) is 9.15. The van der Waals surface area contributed by atoms with Crippen LogP contribution in [0.5, 0.6) is 0 Å². The Kier molecular flexibility index (Phi) is 1.83. The Bertz CT molecular complexity index is 651. The Morgan fingerprint density at radius 3 is 2.88 bits per heavy atom. The van der Waals surface area contributed by atoms with Crippen molar-refractivity contribution in [2.75, 3.05) is 0 Å². The van der Waals surface area contributed by atoms with E-state index in [1.54, 1.807) is 6.92 Å². The first-order valence-electron chi connectivity index (χ1n) is 5.13. The van der Waals surface area contributed by atoms with Gasteiger partial charge in [0, 0.05) is 29.6 Å². The SMILES string of the molecule is Cc1nc(-c2c[nH]c3cccc(C)c23)no1. The molecule has 1 N–H and O–H groups in total. The molecule has 0 aliphatic carbocycles. The second-order valence-corrected chi connectivity index (χ2v) is 3.84. The number of nitrogens with one attached hydrogen (secondary N) is 1. The molecule has 4 heteroatoms. The highest BCUT2D eigenvalue weighted by molar-refractivity contribution is 5.96. The zero-order valence-electron chi connectivity index (χ0n) is 9.11. The third kappa shape index (κ3) is 1.23. The molecule has 0 saturated carbocycles. The minimum Gasteiger partial charge on any atom is -0.360 e. The van der Waals surface area contributed by atoms with Gasteiger partial charge >= 0.3 is 0 Å². The van der Waals surface area contributed by atoms with Crippen LogP contribution in [0.4, 0.5) is 0 Å². The monoisotopic (exact) mass is 213 g/mol. The summed E-state index contributed by atoms with van der Waals surface area (Å²) in [4.78, 5) is 7.46. The van der Waals surface area contributed by atoms with Crippen LogP contribution in [0.25, 0.3) is 22.3 Å². The summed E-state index contributed by atoms with van der Waals surface area (Å²) in [6.45, 7) is 3.87. The van der Waals surface area contributed by atoms with E-state index < -0.39 is 0 Å². The molecule has 0 amide bonds. The maximum atomic E-state index is 5.00. The third-order valence-electron chi connectivity index (χ3n) is 2.68. The lowest BCUT2D eigenvalue weighted by Gasteiger charge is -1.97. The van der Waals surface area contributed by atoms with E-state index >= 15 is 0 Å². The van der Waals surface area contributed by atoms with E-state index in [0.717, 1.165) is 16.5 Å². The van der Waals surface area contributed by atoms with Crippen molar-refractivity contribution in [3.05, 3.63) is 35.9 Å². The maximum Gasteiger partial charge on any atom is 0.223 e. The predicted octanol–water partition coefficient (Wildman–Crippen LogP) is 2.83. The van der Waals surface area contributed by atoms with E-state index in [4.69, 9.17) is 4.52 Å². The van der Waals surface area contributed by atoms with E-state index in [1.807, 2.05) is 18.3 Å². The van der Waals surface area contributed by atoms with E-state index in [9.17, 15) is 0 Å². The van der Waals surface area contributed by atoms with Crippen molar-refractivity contribution in [1.29, 1.82) is 0 Å². The summed E-state index contributed by atoms with van der Waals surface area (Å²) in [5, 5.41) is 5.10. The summed E-state index contributed by atoms with van der Waals surface area (Å²) in [5.74, 6) is 1.22. The molecule has 0 aliphatic heterocycles. The summed E-state index contributed by atoms with van der Waals surface area (Å²) < 4.78 is 5.00. The standard InChI is InChI=1S/C12H11N3O/c1-7-4-3-5-10-11(7)9(6-13-10)12-14-8(2)16-15-12/h3-6,13H,1-2H3. The summed E-state index contributed by atoms with van der Waals surface area (Å²) in [6.07, 6.45) is 1.92. The maximum absolute atomic E-state index is 5.00. The summed E-state index contributed by atoms with van der Waals surface area (Å²) in [6, 6.07) is 6.14. The van der Waals surface area contributed by atoms with Crippen LogP contribution >= 0.6 is 0 Å². The Hall–Kier alpha value is -2.10. The molecular formula is C12H11N3O. The summed E-state index contributed by atoms with van der Waals surface area (Å²) >= 11 is 0. The highest BCUT2D eigenvalue weighted by atomic mass is 16.5. The molecule has 0 saturated heterocycles. The summed E-state index contributed by atoms with van der Waals surface area (Å²) in [7, 11) is 0. The lowest BCUT2D eigenvalue weighted by Crippen LogP contribution is -1.81. The van der Waals surface area contributed by atoms with Gasteiger partial charge in [0.15, 0.2) is 0 Å². The molecule has 0 fully saturated rings. The molecule has 4 nitrogen and oxygen atoms in total. The zero-order chi connectivity index (χ0) is 11.1. The number of fused-ring (bicyclic) bond motifs is 1. The van der Waals surface area contributed by atoms with Gasteiger partial charge < -0.3 is 9.51 Å². The molecule has 0 radical (unpaired) electrons. The van der Waals surface area contributed by atoms with Gasteiger partial charge in [0.1, 0.15) is 0 Å². The number of H-pyrrole nitrogens is 1. The van der Waals surface area contributed by atoms with Gasteiger partial charge in [0.25, 0.3) is 0 Å². The van der Waals surface area contributed by atoms with Crippen molar-refractivity contribution in [3.63, 3.8) is 0 Å². The van der Waals surface area contributed by atoms with Crippen LogP contribution in [0.1, 0.15) is 11.5 Å². The molecule has 80 valence electrons. The molecule has 16 heavy (non-hydrogen) atoms. The Morgan fingerprint density at radius 1 is 1.25 bits per heavy atom. The summed E-state index contributed by atoms with van der Waals surface area (Å²) in [5.41, 5.74) is 3.29. The number of aromatic amines is 1. The fraction of sp³-hybridized carbons (Fsp3) is 0.167. The van der Waals surface area contributed by atoms with Gasteiger partial charge in [0.05, 0.1) is 0 Å². The second-order valence-electron chi connectivity index (χ2n) is 3.84. The highest BCUT2D eigenvalue weighted by Crippen LogP contribution is 2.28. The number of hydrogen-bond donors (Lipinski definition) is 1. The molecule has 0 spiro atoms. The largest absolute Gasteiger partial charge is 0.360 e. The van der Waals surface area contributed by atoms with Crippen molar-refractivity contribution in [2.24, 2.45) is 0 Å². The molecule has 0 bridgehead atoms. The fourth-order valence-electron chi connectivity index (χ4n) is 1.95. The fourth-order valence-corrected chi connectivity index (χ4v) is 1.95. The minimum absolute atomic E-state index is 0.581. The van der Waals surface area contributed by atoms with Crippen LogP contribution in [0.3, 0.4) is 0 Å². The van der Waals surface area contributed by atoms with Gasteiger partial charge in [-0.25, -0.2) is 0 Å². The van der Waals surface area contributed by atoms with E-state index in [1.165, 1.54) is 5.56 Å². The van der Waals surface area contributed by atoms with E-state index in [2.05, 4.69) is 28.1 Å². The van der Waals surface area contributed by atoms with Crippen molar-refractivity contribution in [1.82, 2.24) is 15.1 Å². The Morgan fingerprint density at radius 2 is 2.12 bits per heavy atom. The number of rotatable bonds is 1. The normalized spacial score (nSPS) is 11.1. The van der Waals surface area contributed by atoms with Crippen LogP contribution in [-0.2, 0) is 0 Å². The van der Waals surface area contributed by atoms with Crippen LogP contribution in [-0.4, -0.2) is 15.1 Å². The molecule has 0 atom stereocenters. The van der Waals surface area contributed by atoms with Gasteiger partial charge in [-0.3, -0.25) is 0 Å². The topological polar surface area (TPSA) is 54.7 Å². The van der Waals surface area contributed by atoms with Crippen LogP contribution in [0, 0.1) is 13.8 Å². The first-order chi connectivity index (χ1) is 7.75.